The molecular weight excluding hydrogens is 541 g/mol. The van der Waals surface area contributed by atoms with Gasteiger partial charge in [-0.2, -0.15) is 13.2 Å². The van der Waals surface area contributed by atoms with E-state index in [0.717, 1.165) is 30.5 Å². The number of carbonyl (C=O) groups excluding carboxylic acids is 3. The van der Waals surface area contributed by atoms with E-state index in [4.69, 9.17) is 0 Å². The van der Waals surface area contributed by atoms with Crippen LogP contribution in [0, 0.1) is 0 Å². The van der Waals surface area contributed by atoms with Crippen molar-refractivity contribution in [2.24, 2.45) is 0 Å². The number of ketones is 1. The van der Waals surface area contributed by atoms with Gasteiger partial charge in [0.25, 0.3) is 11.8 Å². The third-order valence-corrected chi connectivity index (χ3v) is 7.53. The number of anilines is 1. The number of nitrogens with one attached hydrogen (secondary N) is 2. The summed E-state index contributed by atoms with van der Waals surface area (Å²) in [6.07, 6.45) is -1.43. The van der Waals surface area contributed by atoms with Gasteiger partial charge in [-0.15, -0.1) is 0 Å². The van der Waals surface area contributed by atoms with E-state index in [-0.39, 0.29) is 11.5 Å². The summed E-state index contributed by atoms with van der Waals surface area (Å²) >= 11 is 0. The largest absolute Gasteiger partial charge is 0.416 e. The summed E-state index contributed by atoms with van der Waals surface area (Å²) in [7, 11) is 0. The Balaban J connectivity index is 1.22. The third-order valence-electron chi connectivity index (χ3n) is 7.53. The average Bonchev–Trinajstić information content (AvgIpc) is 3.00. The highest BCUT2D eigenvalue weighted by Crippen LogP contribution is 2.33. The molecule has 1 aliphatic carbocycles. The lowest BCUT2D eigenvalue weighted by molar-refractivity contribution is -0.137. The van der Waals surface area contributed by atoms with Crippen LogP contribution in [0.25, 0.3) is 11.1 Å². The Morgan fingerprint density at radius 1 is 0.786 bits per heavy atom. The van der Waals surface area contributed by atoms with Crippen molar-refractivity contribution in [3.63, 3.8) is 0 Å². The van der Waals surface area contributed by atoms with Gasteiger partial charge < -0.3 is 10.6 Å². The number of rotatable bonds is 7. The first kappa shape index (κ1) is 28.8. The topological polar surface area (TPSA) is 75.3 Å². The number of carbonyl (C=O) groups is 3. The second kappa shape index (κ2) is 12.4. The molecule has 5 nitrogen and oxygen atoms in total. The van der Waals surface area contributed by atoms with E-state index < -0.39 is 17.6 Å². The van der Waals surface area contributed by atoms with E-state index in [1.165, 1.54) is 17.7 Å². The molecule has 1 saturated carbocycles. The Morgan fingerprint density at radius 3 is 2.17 bits per heavy atom. The van der Waals surface area contributed by atoms with Gasteiger partial charge in [-0.25, -0.2) is 0 Å². The standard InChI is InChI=1S/C34H29F3N2O3/c35-34(36,37)27-16-12-25(13-17-27)30-6-1-2-7-31(30)33(42)39-28-5-3-4-26(20-28)32(41)38-21-22-8-10-23(11-9-22)24-14-18-29(40)19-15-24/h1-13,16-17,20,24H,14-15,18-19,21H2,(H,38,41)(H,39,42). The molecule has 0 aliphatic heterocycles. The second-order valence-corrected chi connectivity index (χ2v) is 10.4. The van der Waals surface area contributed by atoms with Crippen molar-refractivity contribution >= 4 is 23.3 Å². The highest BCUT2D eigenvalue weighted by Gasteiger charge is 2.30. The predicted molar refractivity (Wildman–Crippen MR) is 155 cm³/mol. The minimum atomic E-state index is -4.45. The fourth-order valence-electron chi connectivity index (χ4n) is 5.17. The van der Waals surface area contributed by atoms with Crippen molar-refractivity contribution in [2.45, 2.75) is 44.3 Å². The molecule has 42 heavy (non-hydrogen) atoms. The lowest BCUT2D eigenvalue weighted by Gasteiger charge is -2.21. The predicted octanol–water partition coefficient (Wildman–Crippen LogP) is 7.78. The molecule has 1 fully saturated rings. The SMILES string of the molecule is O=C1CCC(c2ccc(CNC(=O)c3cccc(NC(=O)c4ccccc4-c4ccc(C(F)(F)F)cc4)c3)cc2)CC1. The van der Waals surface area contributed by atoms with Crippen molar-refractivity contribution in [1.82, 2.24) is 5.32 Å². The minimum Gasteiger partial charge on any atom is -0.348 e. The molecule has 0 heterocycles. The number of hydrogen-bond donors (Lipinski definition) is 2. The molecule has 1 aliphatic rings. The van der Waals surface area contributed by atoms with E-state index >= 15 is 0 Å². The molecular formula is C34H29F3N2O3. The molecule has 0 saturated heterocycles. The summed E-state index contributed by atoms with van der Waals surface area (Å²) in [5, 5.41) is 5.69. The maximum absolute atomic E-state index is 13.2. The van der Waals surface area contributed by atoms with Crippen LogP contribution in [-0.2, 0) is 17.5 Å². The van der Waals surface area contributed by atoms with E-state index in [1.807, 2.05) is 12.1 Å². The Bertz CT molecular complexity index is 1590. The first-order valence-corrected chi connectivity index (χ1v) is 13.7. The summed E-state index contributed by atoms with van der Waals surface area (Å²) in [6, 6.07) is 25.9. The Morgan fingerprint density at radius 2 is 1.48 bits per heavy atom. The first-order valence-electron chi connectivity index (χ1n) is 13.7. The molecule has 4 aromatic carbocycles. The van der Waals surface area contributed by atoms with Gasteiger partial charge in [-0.1, -0.05) is 60.7 Å². The van der Waals surface area contributed by atoms with Crippen LogP contribution in [0.5, 0.6) is 0 Å². The van der Waals surface area contributed by atoms with Crippen molar-refractivity contribution in [1.29, 1.82) is 0 Å². The number of benzene rings is 4. The van der Waals surface area contributed by atoms with E-state index in [1.54, 1.807) is 48.5 Å². The number of Topliss-reactive ketones (excluding diaryl/α,β-unsaturated/α-hetero) is 1. The Labute approximate surface area is 241 Å². The van der Waals surface area contributed by atoms with E-state index in [9.17, 15) is 27.6 Å². The van der Waals surface area contributed by atoms with Crippen LogP contribution >= 0.6 is 0 Å². The van der Waals surface area contributed by atoms with Crippen molar-refractivity contribution in [3.05, 3.63) is 125 Å². The van der Waals surface area contributed by atoms with Crippen molar-refractivity contribution in [3.8, 4) is 11.1 Å². The van der Waals surface area contributed by atoms with Crippen molar-refractivity contribution in [2.75, 3.05) is 5.32 Å². The zero-order chi connectivity index (χ0) is 29.7. The van der Waals surface area contributed by atoms with Crippen LogP contribution in [0.1, 0.15) is 69.0 Å². The maximum Gasteiger partial charge on any atom is 0.416 e. The van der Waals surface area contributed by atoms with Gasteiger partial charge in [0.05, 0.1) is 5.56 Å². The maximum atomic E-state index is 13.2. The van der Waals surface area contributed by atoms with Gasteiger partial charge in [0.1, 0.15) is 5.78 Å². The quantitative estimate of drug-likeness (QED) is 0.238. The van der Waals surface area contributed by atoms with Crippen LogP contribution in [0.4, 0.5) is 18.9 Å². The smallest absolute Gasteiger partial charge is 0.348 e. The van der Waals surface area contributed by atoms with Crippen LogP contribution in [0.2, 0.25) is 0 Å². The van der Waals surface area contributed by atoms with Gasteiger partial charge >= 0.3 is 6.18 Å². The molecule has 2 amide bonds. The van der Waals surface area contributed by atoms with Gasteiger partial charge in [-0.3, -0.25) is 14.4 Å². The van der Waals surface area contributed by atoms with Gasteiger partial charge in [0, 0.05) is 36.2 Å². The van der Waals surface area contributed by atoms with E-state index in [2.05, 4.69) is 22.8 Å². The van der Waals surface area contributed by atoms with Gasteiger partial charge in [-0.05, 0) is 77.4 Å². The fraction of sp³-hybridized carbons (Fsp3) is 0.206. The molecule has 5 rings (SSSR count). The molecule has 4 aromatic rings. The number of hydrogen-bond acceptors (Lipinski definition) is 3. The van der Waals surface area contributed by atoms with Gasteiger partial charge in [0.2, 0.25) is 0 Å². The highest BCUT2D eigenvalue weighted by molar-refractivity contribution is 6.09. The molecule has 0 unspecified atom stereocenters. The normalized spacial score (nSPS) is 13.9. The number of halogens is 3. The summed E-state index contributed by atoms with van der Waals surface area (Å²) in [4.78, 5) is 37.6. The zero-order valence-corrected chi connectivity index (χ0v) is 22.7. The summed E-state index contributed by atoms with van der Waals surface area (Å²) in [6.45, 7) is 0.333. The lowest BCUT2D eigenvalue weighted by atomic mass is 9.83. The van der Waals surface area contributed by atoms with Crippen LogP contribution in [0.15, 0.2) is 97.1 Å². The molecule has 214 valence electrons. The van der Waals surface area contributed by atoms with Gasteiger partial charge in [0.15, 0.2) is 0 Å². The van der Waals surface area contributed by atoms with Crippen LogP contribution in [0.3, 0.4) is 0 Å². The lowest BCUT2D eigenvalue weighted by Crippen LogP contribution is -2.23. The summed E-state index contributed by atoms with van der Waals surface area (Å²) in [5.41, 5.74) is 3.42. The fourth-order valence-corrected chi connectivity index (χ4v) is 5.17. The molecule has 0 bridgehead atoms. The minimum absolute atomic E-state index is 0.287. The first-order chi connectivity index (χ1) is 20.2. The van der Waals surface area contributed by atoms with Crippen molar-refractivity contribution < 1.29 is 27.6 Å². The number of amides is 2. The van der Waals surface area contributed by atoms with E-state index in [0.29, 0.717) is 53.5 Å². The Kier molecular flexibility index (Phi) is 8.52. The van der Waals surface area contributed by atoms with Crippen LogP contribution < -0.4 is 10.6 Å². The molecule has 0 aromatic heterocycles. The summed E-state index contributed by atoms with van der Waals surface area (Å²) in [5.74, 6) is -0.0278. The molecule has 0 spiro atoms. The monoisotopic (exact) mass is 570 g/mol. The third kappa shape index (κ3) is 6.94. The zero-order valence-electron chi connectivity index (χ0n) is 22.7. The molecule has 2 N–H and O–H groups in total. The highest BCUT2D eigenvalue weighted by atomic mass is 19.4. The summed E-state index contributed by atoms with van der Waals surface area (Å²) < 4.78 is 39.0. The van der Waals surface area contributed by atoms with Crippen LogP contribution in [-0.4, -0.2) is 17.6 Å². The number of alkyl halides is 3. The molecule has 0 atom stereocenters. The average molecular weight is 571 g/mol. The molecule has 0 radical (unpaired) electrons. The second-order valence-electron chi connectivity index (χ2n) is 10.4. The Hall–Kier alpha value is -4.72. The molecule has 8 heteroatoms.